The average molecular weight is 384 g/mol. The van der Waals surface area contributed by atoms with Crippen molar-refractivity contribution >= 4 is 5.91 Å². The second kappa shape index (κ2) is 7.99. The standard InChI is InChI=1S/C18H19F3N2O4/c1-25-13-5-7-23(8-6-13)17(24)16-10-15(27-22-16)11-26-14-4-2-3-12(9-14)18(19,20)21/h2-4,9-10,13H,5-8,11H2,1H3. The minimum absolute atomic E-state index is 0.0516. The largest absolute Gasteiger partial charge is 0.486 e. The molecule has 27 heavy (non-hydrogen) atoms. The Labute approximate surface area is 153 Å². The minimum atomic E-state index is -4.44. The first-order valence-corrected chi connectivity index (χ1v) is 8.44. The summed E-state index contributed by atoms with van der Waals surface area (Å²) in [6.45, 7) is 1.01. The average Bonchev–Trinajstić information content (AvgIpc) is 3.14. The molecule has 9 heteroatoms. The molecule has 6 nitrogen and oxygen atoms in total. The second-order valence-corrected chi connectivity index (χ2v) is 6.22. The molecule has 1 amide bonds. The van der Waals surface area contributed by atoms with Crippen molar-refractivity contribution in [2.75, 3.05) is 20.2 Å². The molecule has 0 aliphatic carbocycles. The van der Waals surface area contributed by atoms with Crippen molar-refractivity contribution < 1.29 is 32.0 Å². The van der Waals surface area contributed by atoms with Crippen LogP contribution in [0.15, 0.2) is 34.9 Å². The number of piperidine rings is 1. The van der Waals surface area contributed by atoms with Crippen LogP contribution in [0.4, 0.5) is 13.2 Å². The molecule has 0 radical (unpaired) electrons. The lowest BCUT2D eigenvalue weighted by Crippen LogP contribution is -2.40. The molecule has 0 bridgehead atoms. The van der Waals surface area contributed by atoms with Crippen molar-refractivity contribution in [3.63, 3.8) is 0 Å². The smallest absolute Gasteiger partial charge is 0.416 e. The molecule has 0 spiro atoms. The summed E-state index contributed by atoms with van der Waals surface area (Å²) in [5.74, 6) is 0.0527. The highest BCUT2D eigenvalue weighted by molar-refractivity contribution is 5.92. The predicted octanol–water partition coefficient (Wildman–Crippen LogP) is 3.52. The molecule has 2 heterocycles. The lowest BCUT2D eigenvalue weighted by Gasteiger charge is -2.30. The van der Waals surface area contributed by atoms with Gasteiger partial charge in [-0.25, -0.2) is 0 Å². The van der Waals surface area contributed by atoms with E-state index in [-0.39, 0.29) is 35.8 Å². The number of amides is 1. The summed E-state index contributed by atoms with van der Waals surface area (Å²) in [6.07, 6.45) is -2.78. The van der Waals surface area contributed by atoms with E-state index >= 15 is 0 Å². The second-order valence-electron chi connectivity index (χ2n) is 6.22. The lowest BCUT2D eigenvalue weighted by molar-refractivity contribution is -0.137. The van der Waals surface area contributed by atoms with Crippen LogP contribution in [-0.4, -0.2) is 42.3 Å². The molecule has 1 aromatic heterocycles. The van der Waals surface area contributed by atoms with Gasteiger partial charge in [0, 0.05) is 26.3 Å². The highest BCUT2D eigenvalue weighted by atomic mass is 19.4. The lowest BCUT2D eigenvalue weighted by atomic mass is 10.1. The van der Waals surface area contributed by atoms with Gasteiger partial charge in [0.15, 0.2) is 11.5 Å². The summed E-state index contributed by atoms with van der Waals surface area (Å²) in [5.41, 5.74) is -0.651. The zero-order valence-corrected chi connectivity index (χ0v) is 14.7. The Balaban J connectivity index is 1.58. The number of alkyl halides is 3. The van der Waals surface area contributed by atoms with Crippen LogP contribution in [0.1, 0.15) is 34.7 Å². The zero-order chi connectivity index (χ0) is 19.4. The molecule has 0 atom stereocenters. The topological polar surface area (TPSA) is 64.8 Å². The Morgan fingerprint density at radius 1 is 1.30 bits per heavy atom. The Hall–Kier alpha value is -2.55. The van der Waals surface area contributed by atoms with Crippen molar-refractivity contribution in [2.24, 2.45) is 0 Å². The van der Waals surface area contributed by atoms with E-state index < -0.39 is 11.7 Å². The number of nitrogens with zero attached hydrogens (tertiary/aromatic N) is 2. The van der Waals surface area contributed by atoms with Gasteiger partial charge in [-0.3, -0.25) is 4.79 Å². The van der Waals surface area contributed by atoms with Crippen LogP contribution < -0.4 is 4.74 Å². The van der Waals surface area contributed by atoms with E-state index in [0.29, 0.717) is 13.1 Å². The predicted molar refractivity (Wildman–Crippen MR) is 88.2 cm³/mol. The van der Waals surface area contributed by atoms with Gasteiger partial charge < -0.3 is 18.9 Å². The van der Waals surface area contributed by atoms with Crippen LogP contribution in [0.2, 0.25) is 0 Å². The number of halogens is 3. The van der Waals surface area contributed by atoms with E-state index in [2.05, 4.69) is 5.16 Å². The van der Waals surface area contributed by atoms with Crippen LogP contribution in [-0.2, 0) is 17.5 Å². The monoisotopic (exact) mass is 384 g/mol. The van der Waals surface area contributed by atoms with E-state index in [9.17, 15) is 18.0 Å². The number of likely N-dealkylation sites (tertiary alicyclic amines) is 1. The fraction of sp³-hybridized carbons (Fsp3) is 0.444. The molecule has 146 valence electrons. The maximum absolute atomic E-state index is 12.7. The van der Waals surface area contributed by atoms with Gasteiger partial charge in [-0.2, -0.15) is 13.2 Å². The highest BCUT2D eigenvalue weighted by Crippen LogP contribution is 2.31. The number of hydrogen-bond acceptors (Lipinski definition) is 5. The molecule has 1 aliphatic rings. The number of ether oxygens (including phenoxy) is 2. The van der Waals surface area contributed by atoms with Crippen LogP contribution >= 0.6 is 0 Å². The maximum atomic E-state index is 12.7. The Bertz CT molecular complexity index is 783. The van der Waals surface area contributed by atoms with E-state index in [1.54, 1.807) is 12.0 Å². The van der Waals surface area contributed by atoms with Gasteiger partial charge in [0.1, 0.15) is 12.4 Å². The molecule has 1 aromatic carbocycles. The van der Waals surface area contributed by atoms with Gasteiger partial charge in [0.2, 0.25) is 0 Å². The normalized spacial score (nSPS) is 15.8. The summed E-state index contributed by atoms with van der Waals surface area (Å²) >= 11 is 0. The number of aromatic nitrogens is 1. The zero-order valence-electron chi connectivity index (χ0n) is 14.7. The SMILES string of the molecule is COC1CCN(C(=O)c2cc(COc3cccc(C(F)(F)F)c3)on2)CC1. The molecule has 0 unspecified atom stereocenters. The number of carbonyl (C=O) groups excluding carboxylic acids is 1. The first-order valence-electron chi connectivity index (χ1n) is 8.44. The number of hydrogen-bond donors (Lipinski definition) is 0. The number of benzene rings is 1. The summed E-state index contributed by atoms with van der Waals surface area (Å²) < 4.78 is 53.8. The molecule has 0 saturated carbocycles. The minimum Gasteiger partial charge on any atom is -0.486 e. The van der Waals surface area contributed by atoms with Crippen LogP contribution in [0.5, 0.6) is 5.75 Å². The van der Waals surface area contributed by atoms with Crippen LogP contribution in [0.25, 0.3) is 0 Å². The fourth-order valence-corrected chi connectivity index (χ4v) is 2.86. The van der Waals surface area contributed by atoms with Crippen molar-refractivity contribution in [1.82, 2.24) is 10.1 Å². The van der Waals surface area contributed by atoms with Gasteiger partial charge in [-0.05, 0) is 31.0 Å². The summed E-state index contributed by atoms with van der Waals surface area (Å²) in [5, 5.41) is 3.74. The van der Waals surface area contributed by atoms with Gasteiger partial charge in [0.25, 0.3) is 5.91 Å². The highest BCUT2D eigenvalue weighted by Gasteiger charge is 2.30. The summed E-state index contributed by atoms with van der Waals surface area (Å²) in [7, 11) is 1.65. The fourth-order valence-electron chi connectivity index (χ4n) is 2.86. The molecule has 0 N–H and O–H groups in total. The van der Waals surface area contributed by atoms with E-state index in [1.807, 2.05) is 0 Å². The number of methoxy groups -OCH3 is 1. The van der Waals surface area contributed by atoms with Crippen molar-refractivity contribution in [1.29, 1.82) is 0 Å². The third-order valence-corrected chi connectivity index (χ3v) is 4.38. The first-order chi connectivity index (χ1) is 12.9. The molecular formula is C18H19F3N2O4. The summed E-state index contributed by atoms with van der Waals surface area (Å²) in [4.78, 5) is 14.1. The third kappa shape index (κ3) is 4.79. The quantitative estimate of drug-likeness (QED) is 0.789. The number of carbonyl (C=O) groups is 1. The Morgan fingerprint density at radius 3 is 2.70 bits per heavy atom. The number of rotatable bonds is 5. The van der Waals surface area contributed by atoms with E-state index in [1.165, 1.54) is 18.2 Å². The molecule has 3 rings (SSSR count). The van der Waals surface area contributed by atoms with Gasteiger partial charge >= 0.3 is 6.18 Å². The van der Waals surface area contributed by atoms with Crippen molar-refractivity contribution in [2.45, 2.75) is 31.7 Å². The first kappa shape index (κ1) is 19.2. The van der Waals surface area contributed by atoms with Gasteiger partial charge in [-0.1, -0.05) is 11.2 Å². The molecule has 1 aliphatic heterocycles. The Kier molecular flexibility index (Phi) is 5.69. The molecular weight excluding hydrogens is 365 g/mol. The van der Waals surface area contributed by atoms with E-state index in [4.69, 9.17) is 14.0 Å². The molecule has 1 fully saturated rings. The van der Waals surface area contributed by atoms with Gasteiger partial charge in [-0.15, -0.1) is 0 Å². The summed E-state index contributed by atoms with van der Waals surface area (Å²) in [6, 6.07) is 5.99. The van der Waals surface area contributed by atoms with Gasteiger partial charge in [0.05, 0.1) is 11.7 Å². The van der Waals surface area contributed by atoms with E-state index in [0.717, 1.165) is 25.0 Å². The third-order valence-electron chi connectivity index (χ3n) is 4.38. The maximum Gasteiger partial charge on any atom is 0.416 e. The van der Waals surface area contributed by atoms with Crippen molar-refractivity contribution in [3.05, 3.63) is 47.3 Å². The molecule has 1 saturated heterocycles. The van der Waals surface area contributed by atoms with Crippen LogP contribution in [0, 0.1) is 0 Å². The molecule has 2 aromatic rings. The Morgan fingerprint density at radius 2 is 2.04 bits per heavy atom. The van der Waals surface area contributed by atoms with Crippen LogP contribution in [0.3, 0.4) is 0 Å². The van der Waals surface area contributed by atoms with Crippen molar-refractivity contribution in [3.8, 4) is 5.75 Å².